The van der Waals surface area contributed by atoms with E-state index in [1.165, 1.54) is 38.5 Å². The van der Waals surface area contributed by atoms with Crippen molar-refractivity contribution < 1.29 is 0 Å². The summed E-state index contributed by atoms with van der Waals surface area (Å²) in [6.07, 6.45) is 37.4. The third kappa shape index (κ3) is 3.34. The Morgan fingerprint density at radius 1 is 0.480 bits per heavy atom. The first-order valence-electron chi connectivity index (χ1n) is 10.3. The molecule has 3 rings (SSSR count). The zero-order valence-corrected chi connectivity index (χ0v) is 19.5. The molecule has 0 saturated heterocycles. The van der Waals surface area contributed by atoms with Crippen molar-refractivity contribution in [1.29, 1.82) is 0 Å². The Morgan fingerprint density at radius 3 is 0.920 bits per heavy atom. The minimum absolute atomic E-state index is 0.360. The Kier molecular flexibility index (Phi) is 6.03. The van der Waals surface area contributed by atoms with E-state index in [0.29, 0.717) is 9.51 Å². The van der Waals surface area contributed by atoms with E-state index < -0.39 is 21.4 Å². The van der Waals surface area contributed by atoms with Gasteiger partial charge in [0.2, 0.25) is 0 Å². The third-order valence-corrected chi connectivity index (χ3v) is 21.4. The average Bonchev–Trinajstić information content (AvgIpc) is 3.32. The molecule has 25 heavy (non-hydrogen) atoms. The third-order valence-electron chi connectivity index (χ3n) is 6.43. The molecule has 132 valence electrons. The summed E-state index contributed by atoms with van der Waals surface area (Å²) in [6.45, 7) is 7.10. The molecule has 0 aromatic heterocycles. The molecule has 0 N–H and O–H groups in total. The van der Waals surface area contributed by atoms with Crippen molar-refractivity contribution in [2.75, 3.05) is 0 Å². The number of hydrogen-bond acceptors (Lipinski definition) is 0. The molecule has 0 amide bonds. The van der Waals surface area contributed by atoms with Gasteiger partial charge in [-0.25, -0.2) is 0 Å². The van der Waals surface area contributed by atoms with Gasteiger partial charge in [-0.05, 0) is 0 Å². The van der Waals surface area contributed by atoms with Gasteiger partial charge in [0.1, 0.15) is 0 Å². The van der Waals surface area contributed by atoms with Crippen LogP contribution in [0.25, 0.3) is 0 Å². The van der Waals surface area contributed by atoms with Gasteiger partial charge in [-0.3, -0.25) is 0 Å². The van der Waals surface area contributed by atoms with Crippen molar-refractivity contribution in [1.82, 2.24) is 0 Å². The topological polar surface area (TPSA) is 0 Å². The zero-order chi connectivity index (χ0) is 17.8. The van der Waals surface area contributed by atoms with Gasteiger partial charge in [0.15, 0.2) is 0 Å². The van der Waals surface area contributed by atoms with E-state index in [0.717, 1.165) is 0 Å². The summed E-state index contributed by atoms with van der Waals surface area (Å²) in [5.41, 5.74) is 0. The SMILES string of the molecule is CCC[C]1([In]([C]2(CCC)C=CC=C2)[C]2(CCC)C=CC=C2)C=CC=C1. The zero-order valence-electron chi connectivity index (χ0n) is 16.2. The average molecular weight is 436 g/mol. The first-order valence-corrected chi connectivity index (χ1v) is 15.2. The molecule has 0 spiro atoms. The first kappa shape index (κ1) is 19.1. The van der Waals surface area contributed by atoms with E-state index in [2.05, 4.69) is 93.7 Å². The molecule has 0 aromatic rings. The molecular formula is C24H33In. The van der Waals surface area contributed by atoms with E-state index in [4.69, 9.17) is 0 Å². The molecular weight excluding hydrogens is 403 g/mol. The summed E-state index contributed by atoms with van der Waals surface area (Å²) in [5, 5.41) is 0. The minimum atomic E-state index is -2.35. The van der Waals surface area contributed by atoms with Crippen LogP contribution in [0.1, 0.15) is 59.3 Å². The van der Waals surface area contributed by atoms with Crippen LogP contribution in [-0.4, -0.2) is 21.4 Å². The van der Waals surface area contributed by atoms with E-state index >= 15 is 0 Å². The Bertz CT molecular complexity index is 515. The molecule has 0 radical (unpaired) electrons. The Morgan fingerprint density at radius 2 is 0.720 bits per heavy atom. The van der Waals surface area contributed by atoms with Gasteiger partial charge in [-0.1, -0.05) is 0 Å². The Hall–Kier alpha value is -0.690. The second-order valence-electron chi connectivity index (χ2n) is 8.17. The van der Waals surface area contributed by atoms with E-state index in [9.17, 15) is 0 Å². The standard InChI is InChI=1S/3C8H11.In/c3*1-2-5-8-6-3-4-7-8;/h3*3-4,6-7H,2,5H2,1H3;. The molecule has 0 saturated carbocycles. The summed E-state index contributed by atoms with van der Waals surface area (Å²) in [4.78, 5) is 0. The van der Waals surface area contributed by atoms with E-state index in [1.807, 2.05) is 0 Å². The number of allylic oxidation sites excluding steroid dienone is 12. The van der Waals surface area contributed by atoms with Crippen molar-refractivity contribution in [3.8, 4) is 0 Å². The maximum atomic E-state index is 2.60. The molecule has 0 aliphatic heterocycles. The number of hydrogen-bond donors (Lipinski definition) is 0. The molecule has 0 atom stereocenters. The van der Waals surface area contributed by atoms with Crippen molar-refractivity contribution in [2.24, 2.45) is 0 Å². The second kappa shape index (κ2) is 7.91. The summed E-state index contributed by atoms with van der Waals surface area (Å²) >= 11 is -2.35. The van der Waals surface area contributed by atoms with Gasteiger partial charge in [0.05, 0.1) is 0 Å². The van der Waals surface area contributed by atoms with Crippen LogP contribution in [-0.2, 0) is 0 Å². The fourth-order valence-electron chi connectivity index (χ4n) is 5.89. The van der Waals surface area contributed by atoms with Gasteiger partial charge >= 0.3 is 163 Å². The van der Waals surface area contributed by atoms with Crippen LogP contribution >= 0.6 is 0 Å². The molecule has 0 bridgehead atoms. The summed E-state index contributed by atoms with van der Waals surface area (Å²) in [6, 6.07) is 0. The Labute approximate surface area is 162 Å². The van der Waals surface area contributed by atoms with Crippen LogP contribution in [0.4, 0.5) is 0 Å². The fourth-order valence-corrected chi connectivity index (χ4v) is 24.6. The molecule has 1 heteroatoms. The van der Waals surface area contributed by atoms with Crippen LogP contribution in [0.5, 0.6) is 0 Å². The first-order chi connectivity index (χ1) is 12.2. The second-order valence-corrected chi connectivity index (χ2v) is 19.9. The van der Waals surface area contributed by atoms with E-state index in [-0.39, 0.29) is 0 Å². The van der Waals surface area contributed by atoms with E-state index in [1.54, 1.807) is 0 Å². The molecule has 0 fully saturated rings. The monoisotopic (exact) mass is 436 g/mol. The summed E-state index contributed by atoms with van der Waals surface area (Å²) < 4.78 is 1.08. The maximum absolute atomic E-state index is 2.60. The fraction of sp³-hybridized carbons (Fsp3) is 0.500. The van der Waals surface area contributed by atoms with Crippen LogP contribution < -0.4 is 0 Å². The molecule has 0 unspecified atom stereocenters. The molecule has 0 nitrogen and oxygen atoms in total. The van der Waals surface area contributed by atoms with Crippen molar-refractivity contribution in [3.05, 3.63) is 72.9 Å². The van der Waals surface area contributed by atoms with Crippen LogP contribution in [0.15, 0.2) is 72.9 Å². The van der Waals surface area contributed by atoms with Crippen molar-refractivity contribution in [2.45, 2.75) is 68.8 Å². The Balaban J connectivity index is 2.18. The normalized spacial score (nSPS) is 23.2. The molecule has 0 heterocycles. The van der Waals surface area contributed by atoms with Crippen LogP contribution in [0.3, 0.4) is 0 Å². The van der Waals surface area contributed by atoms with Crippen molar-refractivity contribution >= 4 is 21.4 Å². The number of rotatable bonds is 9. The molecule has 3 aliphatic rings. The van der Waals surface area contributed by atoms with Gasteiger partial charge in [-0.15, -0.1) is 0 Å². The van der Waals surface area contributed by atoms with Gasteiger partial charge in [0.25, 0.3) is 0 Å². The molecule has 0 aromatic carbocycles. The predicted octanol–water partition coefficient (Wildman–Crippen LogP) is 7.48. The summed E-state index contributed by atoms with van der Waals surface area (Å²) in [5.74, 6) is 0. The quantitative estimate of drug-likeness (QED) is 0.352. The van der Waals surface area contributed by atoms with Crippen LogP contribution in [0, 0.1) is 0 Å². The summed E-state index contributed by atoms with van der Waals surface area (Å²) in [7, 11) is 0. The van der Waals surface area contributed by atoms with Gasteiger partial charge < -0.3 is 0 Å². The molecule has 3 aliphatic carbocycles. The van der Waals surface area contributed by atoms with Gasteiger partial charge in [-0.2, -0.15) is 0 Å². The van der Waals surface area contributed by atoms with Gasteiger partial charge in [0, 0.05) is 0 Å². The van der Waals surface area contributed by atoms with Crippen molar-refractivity contribution in [3.63, 3.8) is 0 Å². The predicted molar refractivity (Wildman–Crippen MR) is 113 cm³/mol. The van der Waals surface area contributed by atoms with Crippen LogP contribution in [0.2, 0.25) is 9.51 Å².